The average molecular weight is 595 g/mol. The second-order valence-electron chi connectivity index (χ2n) is 11.6. The van der Waals surface area contributed by atoms with E-state index in [9.17, 15) is 0 Å². The van der Waals surface area contributed by atoms with E-state index in [1.54, 1.807) is 0 Å². The van der Waals surface area contributed by atoms with Crippen LogP contribution in [0, 0.1) is 0 Å². The van der Waals surface area contributed by atoms with Crippen LogP contribution in [-0.4, -0.2) is 0 Å². The Morgan fingerprint density at radius 2 is 0.786 bits per heavy atom. The van der Waals surface area contributed by atoms with Crippen LogP contribution in [0.1, 0.15) is 122 Å². The normalized spacial score (nSPS) is 11.8. The van der Waals surface area contributed by atoms with Gasteiger partial charge in [0.2, 0.25) is 0 Å². The van der Waals surface area contributed by atoms with E-state index in [1.807, 2.05) is 22.7 Å². The van der Waals surface area contributed by atoms with E-state index in [4.69, 9.17) is 0 Å². The molecule has 0 aliphatic carbocycles. The Balaban J connectivity index is 1.21. The molecule has 0 atom stereocenters. The lowest BCUT2D eigenvalue weighted by atomic mass is 10.0. The first-order chi connectivity index (χ1) is 20.7. The van der Waals surface area contributed by atoms with Crippen molar-refractivity contribution in [1.82, 2.24) is 0 Å². The van der Waals surface area contributed by atoms with Crippen molar-refractivity contribution in [2.75, 3.05) is 0 Å². The Kier molecular flexibility index (Phi) is 14.4. The van der Waals surface area contributed by atoms with E-state index in [0.29, 0.717) is 0 Å². The summed E-state index contributed by atoms with van der Waals surface area (Å²) in [4.78, 5) is 5.73. The lowest BCUT2D eigenvalue weighted by molar-refractivity contribution is 0.609. The lowest BCUT2D eigenvalue weighted by Gasteiger charge is -2.03. The summed E-state index contributed by atoms with van der Waals surface area (Å²) in [5, 5.41) is 0. The van der Waals surface area contributed by atoms with Crippen LogP contribution in [0.3, 0.4) is 0 Å². The molecule has 4 rings (SSSR count). The fourth-order valence-corrected chi connectivity index (χ4v) is 7.24. The number of unbranched alkanes of at least 4 members (excludes halogenated alkanes) is 10. The fraction of sp³-hybridized carbons (Fsp3) is 0.400. The third kappa shape index (κ3) is 11.5. The van der Waals surface area contributed by atoms with Gasteiger partial charge in [-0.25, -0.2) is 0 Å². The number of hydrogen-bond acceptors (Lipinski definition) is 2. The molecular formula is C40H50S2. The second-order valence-corrected chi connectivity index (χ2v) is 14.0. The maximum absolute atomic E-state index is 2.31. The maximum atomic E-state index is 2.31. The first kappa shape index (κ1) is 32.2. The van der Waals surface area contributed by atoms with Crippen LogP contribution < -0.4 is 0 Å². The predicted octanol–water partition coefficient (Wildman–Crippen LogP) is 13.6. The molecule has 0 saturated carbocycles. The van der Waals surface area contributed by atoms with E-state index >= 15 is 0 Å². The van der Waals surface area contributed by atoms with Gasteiger partial charge in [0.05, 0.1) is 0 Å². The maximum Gasteiger partial charge on any atom is 0.0273 e. The molecule has 0 fully saturated rings. The SMILES string of the molecule is CCCCCCCCc1ccc(/C=C/c2ccc(-c3ccc(/C=C/c4ccc(CCCCCCCC)s4)cc3)cc2)s1. The van der Waals surface area contributed by atoms with E-state index in [0.717, 1.165) is 0 Å². The molecule has 0 amide bonds. The Bertz CT molecular complexity index is 1230. The number of hydrogen-bond donors (Lipinski definition) is 0. The summed E-state index contributed by atoms with van der Waals surface area (Å²) in [6.07, 6.45) is 27.8. The molecule has 2 aromatic carbocycles. The van der Waals surface area contributed by atoms with Crippen LogP contribution in [0.15, 0.2) is 72.8 Å². The second kappa shape index (κ2) is 18.8. The molecule has 0 unspecified atom stereocenters. The summed E-state index contributed by atoms with van der Waals surface area (Å²) in [6, 6.07) is 27.0. The summed E-state index contributed by atoms with van der Waals surface area (Å²) in [5.41, 5.74) is 5.02. The van der Waals surface area contributed by atoms with Gasteiger partial charge in [-0.15, -0.1) is 22.7 Å². The highest BCUT2D eigenvalue weighted by Gasteiger charge is 2.02. The molecular weight excluding hydrogens is 545 g/mol. The van der Waals surface area contributed by atoms with Crippen LogP contribution in [0.25, 0.3) is 35.4 Å². The van der Waals surface area contributed by atoms with Gasteiger partial charge >= 0.3 is 0 Å². The highest BCUT2D eigenvalue weighted by molar-refractivity contribution is 7.13. The third-order valence-electron chi connectivity index (χ3n) is 7.95. The van der Waals surface area contributed by atoms with Gasteiger partial charge in [0, 0.05) is 19.5 Å². The Hall–Kier alpha value is -2.68. The van der Waals surface area contributed by atoms with Gasteiger partial charge in [0.1, 0.15) is 0 Å². The quantitative estimate of drug-likeness (QED) is 0.0947. The minimum absolute atomic E-state index is 1.22. The van der Waals surface area contributed by atoms with Crippen molar-refractivity contribution in [2.45, 2.75) is 104 Å². The van der Waals surface area contributed by atoms with Crippen LogP contribution >= 0.6 is 22.7 Å². The number of rotatable bonds is 19. The molecule has 0 saturated heterocycles. The summed E-state index contributed by atoms with van der Waals surface area (Å²) in [5.74, 6) is 0. The molecule has 42 heavy (non-hydrogen) atoms. The van der Waals surface area contributed by atoms with Gasteiger partial charge in [0.25, 0.3) is 0 Å². The standard InChI is InChI=1S/C40H50S2/c1-3-5-7-9-11-13-15-37-29-31-39(41-37)27-21-33-17-23-35(24-18-33)36-25-19-34(20-26-36)22-28-40-32-30-38(42-40)16-14-12-10-8-6-4-2/h17-32H,3-16H2,1-2H3/b27-21+,28-22+. The van der Waals surface area contributed by atoms with E-state index < -0.39 is 0 Å². The first-order valence-corrected chi connectivity index (χ1v) is 18.1. The highest BCUT2D eigenvalue weighted by Crippen LogP contribution is 2.25. The smallest absolute Gasteiger partial charge is 0.0273 e. The van der Waals surface area contributed by atoms with Crippen molar-refractivity contribution in [3.05, 3.63) is 103 Å². The molecule has 0 aliphatic heterocycles. The zero-order chi connectivity index (χ0) is 29.2. The van der Waals surface area contributed by atoms with E-state index in [-0.39, 0.29) is 0 Å². The molecule has 0 spiro atoms. The summed E-state index contributed by atoms with van der Waals surface area (Å²) in [7, 11) is 0. The zero-order valence-corrected chi connectivity index (χ0v) is 27.6. The van der Waals surface area contributed by atoms with Crippen molar-refractivity contribution >= 4 is 47.0 Å². The first-order valence-electron chi connectivity index (χ1n) is 16.5. The van der Waals surface area contributed by atoms with Crippen molar-refractivity contribution < 1.29 is 0 Å². The summed E-state index contributed by atoms with van der Waals surface area (Å²) in [6.45, 7) is 4.56. The van der Waals surface area contributed by atoms with Crippen molar-refractivity contribution in [2.24, 2.45) is 0 Å². The molecule has 0 radical (unpaired) electrons. The lowest BCUT2D eigenvalue weighted by Crippen LogP contribution is -1.82. The Labute approximate surface area is 264 Å². The molecule has 0 N–H and O–H groups in total. The zero-order valence-electron chi connectivity index (χ0n) is 26.0. The predicted molar refractivity (Wildman–Crippen MR) is 193 cm³/mol. The van der Waals surface area contributed by atoms with E-state index in [1.165, 1.54) is 132 Å². The highest BCUT2D eigenvalue weighted by atomic mass is 32.1. The average Bonchev–Trinajstić information content (AvgIpc) is 3.68. The Morgan fingerprint density at radius 3 is 1.19 bits per heavy atom. The van der Waals surface area contributed by atoms with E-state index in [2.05, 4.69) is 111 Å². The summed E-state index contributed by atoms with van der Waals surface area (Å²) >= 11 is 3.88. The molecule has 2 heteroatoms. The van der Waals surface area contributed by atoms with Crippen LogP contribution in [0.4, 0.5) is 0 Å². The summed E-state index contributed by atoms with van der Waals surface area (Å²) < 4.78 is 0. The van der Waals surface area contributed by atoms with Crippen molar-refractivity contribution in [1.29, 1.82) is 0 Å². The molecule has 0 nitrogen and oxygen atoms in total. The largest absolute Gasteiger partial charge is 0.141 e. The van der Waals surface area contributed by atoms with Gasteiger partial charge in [-0.2, -0.15) is 0 Å². The van der Waals surface area contributed by atoms with Crippen molar-refractivity contribution in [3.8, 4) is 11.1 Å². The van der Waals surface area contributed by atoms with Gasteiger partial charge in [-0.05, 0) is 84.4 Å². The molecule has 0 aliphatic rings. The monoisotopic (exact) mass is 594 g/mol. The fourth-order valence-electron chi connectivity index (χ4n) is 5.33. The van der Waals surface area contributed by atoms with Gasteiger partial charge in [-0.1, -0.05) is 139 Å². The van der Waals surface area contributed by atoms with Crippen LogP contribution in [-0.2, 0) is 12.8 Å². The van der Waals surface area contributed by atoms with Crippen molar-refractivity contribution in [3.63, 3.8) is 0 Å². The molecule has 2 aromatic heterocycles. The van der Waals surface area contributed by atoms with Gasteiger partial charge in [0.15, 0.2) is 0 Å². The topological polar surface area (TPSA) is 0 Å². The van der Waals surface area contributed by atoms with Gasteiger partial charge in [-0.3, -0.25) is 0 Å². The molecule has 2 heterocycles. The molecule has 4 aromatic rings. The minimum Gasteiger partial charge on any atom is -0.141 e. The Morgan fingerprint density at radius 1 is 0.405 bits per heavy atom. The number of benzene rings is 2. The number of thiophene rings is 2. The number of aryl methyl sites for hydroxylation is 2. The molecule has 222 valence electrons. The minimum atomic E-state index is 1.22. The van der Waals surface area contributed by atoms with Crippen LogP contribution in [0.5, 0.6) is 0 Å². The third-order valence-corrected chi connectivity index (χ3v) is 10.2. The van der Waals surface area contributed by atoms with Gasteiger partial charge < -0.3 is 0 Å². The molecule has 0 bridgehead atoms. The van der Waals surface area contributed by atoms with Crippen LogP contribution in [0.2, 0.25) is 0 Å².